The summed E-state index contributed by atoms with van der Waals surface area (Å²) in [5.74, 6) is -0.720. The molecule has 152 valence electrons. The van der Waals surface area contributed by atoms with Crippen molar-refractivity contribution in [2.45, 2.75) is 17.7 Å². The first kappa shape index (κ1) is 21.2. The van der Waals surface area contributed by atoms with E-state index in [1.165, 1.54) is 11.8 Å². The Bertz CT molecular complexity index is 883. The molecule has 1 N–H and O–H groups in total. The molecule has 6 nitrogen and oxygen atoms in total. The number of thioether (sulfide) groups is 1. The maximum absolute atomic E-state index is 12.4. The lowest BCUT2D eigenvalue weighted by molar-refractivity contribution is -0.127. The summed E-state index contributed by atoms with van der Waals surface area (Å²) in [5, 5.41) is 3.19. The van der Waals surface area contributed by atoms with Gasteiger partial charge in [-0.3, -0.25) is 9.59 Å². The van der Waals surface area contributed by atoms with Gasteiger partial charge >= 0.3 is 5.97 Å². The fraction of sp³-hybridized carbons (Fsp3) is 0.286. The second-order valence-electron chi connectivity index (χ2n) is 6.50. The van der Waals surface area contributed by atoms with E-state index < -0.39 is 18.5 Å². The molecule has 1 fully saturated rings. The first-order valence-corrected chi connectivity index (χ1v) is 10.6. The van der Waals surface area contributed by atoms with Gasteiger partial charge < -0.3 is 15.0 Å². The van der Waals surface area contributed by atoms with Crippen LogP contribution in [0, 0.1) is 0 Å². The van der Waals surface area contributed by atoms with Gasteiger partial charge in [-0.2, -0.15) is 0 Å². The van der Waals surface area contributed by atoms with Crippen LogP contribution in [0.4, 0.5) is 5.69 Å². The maximum atomic E-state index is 12.4. The molecule has 3 rings (SSSR count). The van der Waals surface area contributed by atoms with E-state index in [0.717, 1.165) is 25.9 Å². The summed E-state index contributed by atoms with van der Waals surface area (Å²) in [5.41, 5.74) is 0.901. The van der Waals surface area contributed by atoms with Crippen LogP contribution in [0.1, 0.15) is 23.2 Å². The summed E-state index contributed by atoms with van der Waals surface area (Å²) in [4.78, 5) is 39.2. The number of hydrogen-bond donors (Lipinski definition) is 1. The number of halogens is 1. The average Bonchev–Trinajstić information content (AvgIpc) is 3.27. The highest BCUT2D eigenvalue weighted by Gasteiger charge is 2.20. The van der Waals surface area contributed by atoms with E-state index in [1.54, 1.807) is 48.5 Å². The Balaban J connectivity index is 1.52. The van der Waals surface area contributed by atoms with Crippen molar-refractivity contribution in [3.05, 3.63) is 59.1 Å². The van der Waals surface area contributed by atoms with Crippen LogP contribution in [0.15, 0.2) is 53.4 Å². The minimum Gasteiger partial charge on any atom is -0.452 e. The fourth-order valence-corrected chi connectivity index (χ4v) is 3.97. The van der Waals surface area contributed by atoms with Gasteiger partial charge in [-0.1, -0.05) is 23.7 Å². The fourth-order valence-electron chi connectivity index (χ4n) is 2.90. The van der Waals surface area contributed by atoms with Gasteiger partial charge in [0.15, 0.2) is 6.61 Å². The zero-order valence-corrected chi connectivity index (χ0v) is 17.3. The van der Waals surface area contributed by atoms with Crippen LogP contribution in [0.3, 0.4) is 0 Å². The molecule has 1 aliphatic rings. The van der Waals surface area contributed by atoms with Crippen molar-refractivity contribution < 1.29 is 19.1 Å². The Morgan fingerprint density at radius 1 is 1.03 bits per heavy atom. The Morgan fingerprint density at radius 3 is 2.45 bits per heavy atom. The standard InChI is InChI=1S/C21H21ClN2O4S/c22-15-7-9-16(10-8-15)23-19(25)13-28-21(27)17-5-1-2-6-18(17)29-14-20(26)24-11-3-4-12-24/h1-2,5-10H,3-4,11-14H2,(H,23,25). The van der Waals surface area contributed by atoms with Crippen LogP contribution in [-0.4, -0.2) is 48.1 Å². The van der Waals surface area contributed by atoms with Gasteiger partial charge in [-0.15, -0.1) is 11.8 Å². The van der Waals surface area contributed by atoms with Gasteiger partial charge in [0.05, 0.1) is 11.3 Å². The number of hydrogen-bond acceptors (Lipinski definition) is 5. The quantitative estimate of drug-likeness (QED) is 0.531. The third kappa shape index (κ3) is 6.24. The molecule has 2 aromatic rings. The first-order chi connectivity index (χ1) is 14.0. The van der Waals surface area contributed by atoms with Gasteiger partial charge in [0.2, 0.25) is 5.91 Å². The molecule has 2 aromatic carbocycles. The number of anilines is 1. The molecule has 0 spiro atoms. The molecule has 0 saturated carbocycles. The number of likely N-dealkylation sites (tertiary alicyclic amines) is 1. The summed E-state index contributed by atoms with van der Waals surface area (Å²) in [6.45, 7) is 1.19. The van der Waals surface area contributed by atoms with Gasteiger partial charge in [-0.25, -0.2) is 4.79 Å². The van der Waals surface area contributed by atoms with E-state index in [-0.39, 0.29) is 11.7 Å². The molecule has 0 aliphatic carbocycles. The van der Waals surface area contributed by atoms with E-state index in [1.807, 2.05) is 4.90 Å². The number of benzene rings is 2. The molecule has 8 heteroatoms. The van der Waals surface area contributed by atoms with Crippen molar-refractivity contribution >= 4 is 46.8 Å². The lowest BCUT2D eigenvalue weighted by Crippen LogP contribution is -2.29. The zero-order valence-electron chi connectivity index (χ0n) is 15.7. The Morgan fingerprint density at radius 2 is 1.72 bits per heavy atom. The third-order valence-electron chi connectivity index (χ3n) is 4.38. The summed E-state index contributed by atoms with van der Waals surface area (Å²) < 4.78 is 5.15. The Labute approximate surface area is 178 Å². The Hall–Kier alpha value is -2.51. The topological polar surface area (TPSA) is 75.7 Å². The predicted octanol–water partition coefficient (Wildman–Crippen LogP) is 3.85. The van der Waals surface area contributed by atoms with Gasteiger partial charge in [-0.05, 0) is 49.2 Å². The highest BCUT2D eigenvalue weighted by molar-refractivity contribution is 8.00. The van der Waals surface area contributed by atoms with Crippen molar-refractivity contribution in [2.24, 2.45) is 0 Å². The minimum absolute atomic E-state index is 0.0676. The number of esters is 1. The minimum atomic E-state index is -0.604. The maximum Gasteiger partial charge on any atom is 0.339 e. The molecule has 2 amide bonds. The van der Waals surface area contributed by atoms with Crippen molar-refractivity contribution in [2.75, 3.05) is 30.8 Å². The van der Waals surface area contributed by atoms with E-state index in [2.05, 4.69) is 5.32 Å². The van der Waals surface area contributed by atoms with Gasteiger partial charge in [0.25, 0.3) is 5.91 Å². The molecule has 1 heterocycles. The van der Waals surface area contributed by atoms with E-state index in [9.17, 15) is 14.4 Å². The molecule has 0 radical (unpaired) electrons. The molecular formula is C21H21ClN2O4S. The normalized spacial score (nSPS) is 13.2. The van der Waals surface area contributed by atoms with Crippen LogP contribution < -0.4 is 5.32 Å². The number of carbonyl (C=O) groups is 3. The van der Waals surface area contributed by atoms with Crippen LogP contribution in [0.25, 0.3) is 0 Å². The molecular weight excluding hydrogens is 412 g/mol. The summed E-state index contributed by atoms with van der Waals surface area (Å²) in [7, 11) is 0. The van der Waals surface area contributed by atoms with Crippen molar-refractivity contribution in [1.29, 1.82) is 0 Å². The lowest BCUT2D eigenvalue weighted by Gasteiger charge is -2.15. The van der Waals surface area contributed by atoms with Crippen molar-refractivity contribution in [3.63, 3.8) is 0 Å². The number of rotatable bonds is 7. The predicted molar refractivity (Wildman–Crippen MR) is 113 cm³/mol. The zero-order chi connectivity index (χ0) is 20.6. The molecule has 1 saturated heterocycles. The SMILES string of the molecule is O=C(COC(=O)c1ccccc1SCC(=O)N1CCCC1)Nc1ccc(Cl)cc1. The number of ether oxygens (including phenoxy) is 1. The highest BCUT2D eigenvalue weighted by Crippen LogP contribution is 2.24. The number of carbonyl (C=O) groups excluding carboxylic acids is 3. The Kier molecular flexibility index (Phi) is 7.55. The third-order valence-corrected chi connectivity index (χ3v) is 5.69. The van der Waals surface area contributed by atoms with E-state index in [4.69, 9.17) is 16.3 Å². The largest absolute Gasteiger partial charge is 0.452 e. The van der Waals surface area contributed by atoms with Crippen molar-refractivity contribution in [1.82, 2.24) is 4.90 Å². The molecule has 1 aliphatic heterocycles. The molecule has 0 atom stereocenters. The summed E-state index contributed by atoms with van der Waals surface area (Å²) >= 11 is 7.11. The van der Waals surface area contributed by atoms with Crippen LogP contribution in [-0.2, 0) is 14.3 Å². The van der Waals surface area contributed by atoms with E-state index in [0.29, 0.717) is 21.2 Å². The molecule has 0 bridgehead atoms. The van der Waals surface area contributed by atoms with Crippen LogP contribution >= 0.6 is 23.4 Å². The van der Waals surface area contributed by atoms with Crippen LogP contribution in [0.5, 0.6) is 0 Å². The molecule has 29 heavy (non-hydrogen) atoms. The number of amides is 2. The average molecular weight is 433 g/mol. The second-order valence-corrected chi connectivity index (χ2v) is 7.96. The van der Waals surface area contributed by atoms with Gasteiger partial charge in [0.1, 0.15) is 0 Å². The molecule has 0 aromatic heterocycles. The monoisotopic (exact) mass is 432 g/mol. The van der Waals surface area contributed by atoms with Crippen LogP contribution in [0.2, 0.25) is 5.02 Å². The van der Waals surface area contributed by atoms with Crippen molar-refractivity contribution in [3.8, 4) is 0 Å². The number of nitrogens with zero attached hydrogens (tertiary/aromatic N) is 1. The summed E-state index contributed by atoms with van der Waals surface area (Å²) in [6.07, 6.45) is 2.08. The highest BCUT2D eigenvalue weighted by atomic mass is 35.5. The van der Waals surface area contributed by atoms with Gasteiger partial charge in [0, 0.05) is 28.7 Å². The van der Waals surface area contributed by atoms with E-state index >= 15 is 0 Å². The first-order valence-electron chi connectivity index (χ1n) is 9.25. The smallest absolute Gasteiger partial charge is 0.339 e. The second kappa shape index (κ2) is 10.3. The lowest BCUT2D eigenvalue weighted by atomic mass is 10.2. The molecule has 0 unspecified atom stereocenters. The number of nitrogens with one attached hydrogen (secondary N) is 1. The summed E-state index contributed by atoms with van der Waals surface area (Å²) in [6, 6.07) is 13.5.